The summed E-state index contributed by atoms with van der Waals surface area (Å²) in [6.45, 7) is 5.55. The second-order valence-electron chi connectivity index (χ2n) is 5.76. The van der Waals surface area contributed by atoms with Gasteiger partial charge in [0, 0.05) is 18.8 Å². The molecule has 0 radical (unpaired) electrons. The van der Waals surface area contributed by atoms with Crippen LogP contribution in [-0.2, 0) is 0 Å². The molecular weight excluding hydrogens is 279 g/mol. The smallest absolute Gasteiger partial charge is 0.227 e. The fourth-order valence-electron chi connectivity index (χ4n) is 2.70. The summed E-state index contributed by atoms with van der Waals surface area (Å²) in [4.78, 5) is 10.9. The van der Waals surface area contributed by atoms with Gasteiger partial charge in [-0.05, 0) is 44.7 Å². The quantitative estimate of drug-likeness (QED) is 0.931. The Hall–Kier alpha value is -2.17. The van der Waals surface area contributed by atoms with Crippen LogP contribution in [0.3, 0.4) is 0 Å². The van der Waals surface area contributed by atoms with Gasteiger partial charge < -0.3 is 10.2 Å². The summed E-state index contributed by atoms with van der Waals surface area (Å²) in [6.07, 6.45) is 3.52. The molecule has 1 aromatic heterocycles. The average molecular weight is 300 g/mol. The lowest BCUT2D eigenvalue weighted by molar-refractivity contribution is 0.560. The number of benzene rings is 1. The van der Waals surface area contributed by atoms with E-state index in [-0.39, 0.29) is 11.6 Å². The number of hydrogen-bond acceptors (Lipinski definition) is 4. The Kier molecular flexibility index (Phi) is 4.22. The Morgan fingerprint density at radius 2 is 1.77 bits per heavy atom. The van der Waals surface area contributed by atoms with E-state index in [0.29, 0.717) is 11.6 Å². The van der Waals surface area contributed by atoms with E-state index in [0.717, 1.165) is 37.2 Å². The number of nitrogens with zero attached hydrogens (tertiary/aromatic N) is 3. The van der Waals surface area contributed by atoms with Crippen molar-refractivity contribution in [2.45, 2.75) is 33.1 Å². The molecule has 1 aliphatic rings. The Labute approximate surface area is 130 Å². The van der Waals surface area contributed by atoms with Crippen LogP contribution in [0.25, 0.3) is 0 Å². The number of halogens is 1. The van der Waals surface area contributed by atoms with Crippen molar-refractivity contribution in [3.63, 3.8) is 0 Å². The number of aryl methyl sites for hydroxylation is 2. The first-order valence-electron chi connectivity index (χ1n) is 7.77. The van der Waals surface area contributed by atoms with Crippen LogP contribution < -0.4 is 10.2 Å². The molecule has 5 heteroatoms. The lowest BCUT2D eigenvalue weighted by Crippen LogP contribution is -2.31. The first kappa shape index (κ1) is 14.8. The minimum Gasteiger partial charge on any atom is -0.341 e. The van der Waals surface area contributed by atoms with Crippen molar-refractivity contribution >= 4 is 17.5 Å². The first-order chi connectivity index (χ1) is 10.6. The van der Waals surface area contributed by atoms with Crippen molar-refractivity contribution in [2.75, 3.05) is 23.3 Å². The standard InChI is InChI=1S/C17H21FN4/c1-12-8-4-5-9-14(12)20-16-15(18)13(2)19-17(21-16)22-10-6-3-7-11-22/h4-5,8-9H,3,6-7,10-11H2,1-2H3,(H,19,20,21). The zero-order valence-corrected chi connectivity index (χ0v) is 13.1. The molecule has 0 bridgehead atoms. The van der Waals surface area contributed by atoms with Crippen LogP contribution in [0.4, 0.5) is 21.8 Å². The van der Waals surface area contributed by atoms with Crippen LogP contribution in [0.15, 0.2) is 24.3 Å². The molecule has 0 unspecified atom stereocenters. The third-order valence-corrected chi connectivity index (χ3v) is 4.04. The Balaban J connectivity index is 1.93. The highest BCUT2D eigenvalue weighted by atomic mass is 19.1. The molecule has 1 aliphatic heterocycles. The van der Waals surface area contributed by atoms with Gasteiger partial charge >= 0.3 is 0 Å². The van der Waals surface area contributed by atoms with Crippen molar-refractivity contribution in [3.8, 4) is 0 Å². The zero-order chi connectivity index (χ0) is 15.5. The fourth-order valence-corrected chi connectivity index (χ4v) is 2.70. The van der Waals surface area contributed by atoms with Crippen LogP contribution in [0.2, 0.25) is 0 Å². The minimum atomic E-state index is -0.385. The summed E-state index contributed by atoms with van der Waals surface area (Å²) in [5, 5.41) is 3.11. The van der Waals surface area contributed by atoms with Crippen LogP contribution in [-0.4, -0.2) is 23.1 Å². The van der Waals surface area contributed by atoms with Crippen LogP contribution >= 0.6 is 0 Å². The van der Waals surface area contributed by atoms with Crippen LogP contribution in [0, 0.1) is 19.7 Å². The molecule has 22 heavy (non-hydrogen) atoms. The van der Waals surface area contributed by atoms with Crippen molar-refractivity contribution < 1.29 is 4.39 Å². The molecule has 4 nitrogen and oxygen atoms in total. The Bertz CT molecular complexity index is 666. The molecule has 116 valence electrons. The lowest BCUT2D eigenvalue weighted by atomic mass is 10.1. The summed E-state index contributed by atoms with van der Waals surface area (Å²) in [6, 6.07) is 7.79. The maximum atomic E-state index is 14.4. The third-order valence-electron chi connectivity index (χ3n) is 4.04. The van der Waals surface area contributed by atoms with Gasteiger partial charge in [0.2, 0.25) is 5.95 Å². The monoisotopic (exact) mass is 300 g/mol. The molecule has 2 heterocycles. The predicted octanol–water partition coefficient (Wildman–Crippen LogP) is 3.97. The van der Waals surface area contributed by atoms with Crippen LogP contribution in [0.1, 0.15) is 30.5 Å². The number of aromatic nitrogens is 2. The van der Waals surface area contributed by atoms with E-state index in [1.54, 1.807) is 6.92 Å². The molecule has 1 N–H and O–H groups in total. The van der Waals surface area contributed by atoms with Gasteiger partial charge in [-0.1, -0.05) is 18.2 Å². The van der Waals surface area contributed by atoms with E-state index in [9.17, 15) is 4.39 Å². The lowest BCUT2D eigenvalue weighted by Gasteiger charge is -2.27. The number of nitrogens with one attached hydrogen (secondary N) is 1. The summed E-state index contributed by atoms with van der Waals surface area (Å²) in [5.74, 6) is 0.487. The summed E-state index contributed by atoms with van der Waals surface area (Å²) in [7, 11) is 0. The zero-order valence-electron chi connectivity index (χ0n) is 13.1. The molecule has 0 aliphatic carbocycles. The SMILES string of the molecule is Cc1ccccc1Nc1nc(N2CCCCC2)nc(C)c1F. The molecule has 0 atom stereocenters. The molecule has 3 rings (SSSR count). The van der Waals surface area contributed by atoms with Crippen LogP contribution in [0.5, 0.6) is 0 Å². The highest BCUT2D eigenvalue weighted by Gasteiger charge is 2.18. The number of rotatable bonds is 3. The maximum Gasteiger partial charge on any atom is 0.227 e. The van der Waals surface area contributed by atoms with Gasteiger partial charge in [-0.3, -0.25) is 0 Å². The van der Waals surface area contributed by atoms with Crippen molar-refractivity contribution in [2.24, 2.45) is 0 Å². The molecule has 1 aromatic carbocycles. The van der Waals surface area contributed by atoms with Gasteiger partial charge in [-0.15, -0.1) is 0 Å². The van der Waals surface area contributed by atoms with Gasteiger partial charge in [0.1, 0.15) is 0 Å². The van der Waals surface area contributed by atoms with E-state index < -0.39 is 0 Å². The molecule has 1 fully saturated rings. The summed E-state index contributed by atoms with van der Waals surface area (Å²) >= 11 is 0. The van der Waals surface area contributed by atoms with Crippen molar-refractivity contribution in [3.05, 3.63) is 41.3 Å². The predicted molar refractivity (Wildman–Crippen MR) is 87.3 cm³/mol. The summed E-state index contributed by atoms with van der Waals surface area (Å²) < 4.78 is 14.4. The number of para-hydroxylation sites is 1. The number of anilines is 3. The summed E-state index contributed by atoms with van der Waals surface area (Å²) in [5.41, 5.74) is 2.30. The minimum absolute atomic E-state index is 0.252. The first-order valence-corrected chi connectivity index (χ1v) is 7.77. The number of piperidine rings is 1. The molecule has 0 spiro atoms. The molecule has 1 saturated heterocycles. The molecule has 2 aromatic rings. The highest BCUT2D eigenvalue weighted by Crippen LogP contribution is 2.25. The van der Waals surface area contributed by atoms with Gasteiger partial charge in [0.15, 0.2) is 11.6 Å². The molecule has 0 amide bonds. The Morgan fingerprint density at radius 1 is 1.05 bits per heavy atom. The van der Waals surface area contributed by atoms with E-state index in [1.807, 2.05) is 31.2 Å². The highest BCUT2D eigenvalue weighted by molar-refractivity contribution is 5.61. The second kappa shape index (κ2) is 6.30. The van der Waals surface area contributed by atoms with E-state index in [4.69, 9.17) is 0 Å². The van der Waals surface area contributed by atoms with Crippen molar-refractivity contribution in [1.29, 1.82) is 0 Å². The van der Waals surface area contributed by atoms with E-state index in [1.165, 1.54) is 6.42 Å². The largest absolute Gasteiger partial charge is 0.341 e. The van der Waals surface area contributed by atoms with Gasteiger partial charge in [0.05, 0.1) is 5.69 Å². The van der Waals surface area contributed by atoms with E-state index >= 15 is 0 Å². The maximum absolute atomic E-state index is 14.4. The van der Waals surface area contributed by atoms with Gasteiger partial charge in [-0.2, -0.15) is 4.98 Å². The normalized spacial score (nSPS) is 15.0. The van der Waals surface area contributed by atoms with Gasteiger partial charge in [-0.25, -0.2) is 9.37 Å². The molecular formula is C17H21FN4. The number of hydrogen-bond donors (Lipinski definition) is 1. The van der Waals surface area contributed by atoms with Gasteiger partial charge in [0.25, 0.3) is 0 Å². The third kappa shape index (κ3) is 3.03. The van der Waals surface area contributed by atoms with E-state index in [2.05, 4.69) is 20.2 Å². The Morgan fingerprint density at radius 3 is 2.50 bits per heavy atom. The topological polar surface area (TPSA) is 41.1 Å². The fraction of sp³-hybridized carbons (Fsp3) is 0.412. The van der Waals surface area contributed by atoms with Crippen molar-refractivity contribution in [1.82, 2.24) is 9.97 Å². The average Bonchev–Trinajstić information content (AvgIpc) is 2.54. The molecule has 0 saturated carbocycles. The second-order valence-corrected chi connectivity index (χ2v) is 5.76.